The van der Waals surface area contributed by atoms with Gasteiger partial charge in [-0.1, -0.05) is 0 Å². The Morgan fingerprint density at radius 1 is 1.16 bits per heavy atom. The molecule has 0 radical (unpaired) electrons. The van der Waals surface area contributed by atoms with Crippen LogP contribution < -0.4 is 10.1 Å². The minimum absolute atomic E-state index is 0.149. The summed E-state index contributed by atoms with van der Waals surface area (Å²) in [7, 11) is 1.59. The van der Waals surface area contributed by atoms with Crippen molar-refractivity contribution in [3.8, 4) is 5.75 Å². The van der Waals surface area contributed by atoms with Crippen LogP contribution in [0.25, 0.3) is 0 Å². The number of benzene rings is 1. The van der Waals surface area contributed by atoms with Gasteiger partial charge in [0.1, 0.15) is 5.75 Å². The summed E-state index contributed by atoms with van der Waals surface area (Å²) in [6, 6.07) is 8.47. The maximum atomic E-state index is 12.4. The highest BCUT2D eigenvalue weighted by atomic mass is 79.9. The van der Waals surface area contributed by atoms with E-state index in [2.05, 4.69) is 21.2 Å². The molecule has 1 aliphatic heterocycles. The first-order valence-corrected chi connectivity index (χ1v) is 8.60. The number of amides is 3. The number of carbonyl (C=O) groups is 2. The lowest BCUT2D eigenvalue weighted by Gasteiger charge is -2.34. The highest BCUT2D eigenvalue weighted by Gasteiger charge is 2.26. The fourth-order valence-electron chi connectivity index (χ4n) is 2.62. The highest BCUT2D eigenvalue weighted by molar-refractivity contribution is 9.10. The number of anilines is 1. The molecule has 132 valence electrons. The molecule has 1 aromatic carbocycles. The van der Waals surface area contributed by atoms with Gasteiger partial charge in [0.2, 0.25) is 0 Å². The van der Waals surface area contributed by atoms with E-state index in [1.165, 1.54) is 6.26 Å². The second-order valence-corrected chi connectivity index (χ2v) is 6.39. The molecular weight excluding hydrogens is 390 g/mol. The van der Waals surface area contributed by atoms with Crippen molar-refractivity contribution in [2.75, 3.05) is 38.6 Å². The van der Waals surface area contributed by atoms with E-state index in [-0.39, 0.29) is 11.9 Å². The Hall–Kier alpha value is -2.48. The molecule has 3 rings (SSSR count). The summed E-state index contributed by atoms with van der Waals surface area (Å²) in [5, 5.41) is 2.85. The number of methoxy groups -OCH3 is 1. The topological polar surface area (TPSA) is 75.0 Å². The van der Waals surface area contributed by atoms with Crippen LogP contribution in [0.4, 0.5) is 10.5 Å². The van der Waals surface area contributed by atoms with E-state index < -0.39 is 0 Å². The van der Waals surface area contributed by atoms with Gasteiger partial charge < -0.3 is 24.3 Å². The minimum atomic E-state index is -0.192. The summed E-state index contributed by atoms with van der Waals surface area (Å²) in [6.45, 7) is 1.88. The molecule has 1 aromatic heterocycles. The summed E-state index contributed by atoms with van der Waals surface area (Å²) < 4.78 is 11.1. The number of ether oxygens (including phenoxy) is 1. The third-order valence-corrected chi connectivity index (χ3v) is 4.61. The van der Waals surface area contributed by atoms with Gasteiger partial charge in [-0.05, 0) is 46.3 Å². The van der Waals surface area contributed by atoms with Gasteiger partial charge in [-0.2, -0.15) is 0 Å². The zero-order valence-electron chi connectivity index (χ0n) is 13.7. The fourth-order valence-corrected chi connectivity index (χ4v) is 3.16. The second-order valence-electron chi connectivity index (χ2n) is 5.54. The third kappa shape index (κ3) is 3.96. The third-order valence-electron chi connectivity index (χ3n) is 3.99. The zero-order valence-corrected chi connectivity index (χ0v) is 15.3. The van der Waals surface area contributed by atoms with Crippen LogP contribution in [0.3, 0.4) is 0 Å². The van der Waals surface area contributed by atoms with Crippen LogP contribution in [-0.2, 0) is 0 Å². The van der Waals surface area contributed by atoms with Crippen LogP contribution >= 0.6 is 15.9 Å². The van der Waals surface area contributed by atoms with Crippen LogP contribution in [0.2, 0.25) is 0 Å². The van der Waals surface area contributed by atoms with Crippen molar-refractivity contribution >= 4 is 33.6 Å². The number of nitrogens with zero attached hydrogens (tertiary/aromatic N) is 2. The molecule has 3 amide bonds. The molecule has 1 fully saturated rings. The first kappa shape index (κ1) is 17.3. The van der Waals surface area contributed by atoms with Crippen LogP contribution in [0.5, 0.6) is 5.75 Å². The summed E-state index contributed by atoms with van der Waals surface area (Å²) in [5.41, 5.74) is 0.673. The van der Waals surface area contributed by atoms with E-state index in [9.17, 15) is 9.59 Å². The van der Waals surface area contributed by atoms with E-state index >= 15 is 0 Å². The molecule has 0 spiro atoms. The Morgan fingerprint density at radius 2 is 1.88 bits per heavy atom. The van der Waals surface area contributed by atoms with Gasteiger partial charge in [0, 0.05) is 31.9 Å². The summed E-state index contributed by atoms with van der Waals surface area (Å²) >= 11 is 3.39. The molecule has 7 nitrogen and oxygen atoms in total. The van der Waals surface area contributed by atoms with E-state index in [4.69, 9.17) is 9.15 Å². The van der Waals surface area contributed by atoms with E-state index in [1.54, 1.807) is 47.2 Å². The predicted octanol–water partition coefficient (Wildman–Crippen LogP) is 3.04. The molecule has 0 atom stereocenters. The number of hydrogen-bond acceptors (Lipinski definition) is 4. The predicted molar refractivity (Wildman–Crippen MR) is 95.9 cm³/mol. The van der Waals surface area contributed by atoms with Crippen LogP contribution in [0.15, 0.2) is 45.5 Å². The summed E-state index contributed by atoms with van der Waals surface area (Å²) in [5.74, 6) is 0.869. The number of hydrogen-bond donors (Lipinski definition) is 1. The van der Waals surface area contributed by atoms with Crippen LogP contribution in [-0.4, -0.2) is 55.0 Å². The minimum Gasteiger partial charge on any atom is -0.496 e. The standard InChI is InChI=1S/C17H18BrN3O4/c1-24-14-5-4-12(11-13(14)18)19-17(23)21-8-6-20(7-9-21)16(22)15-3-2-10-25-15/h2-5,10-11H,6-9H2,1H3,(H,19,23). The van der Waals surface area contributed by atoms with E-state index in [1.807, 2.05) is 0 Å². The Balaban J connectivity index is 1.55. The number of furan rings is 1. The van der Waals surface area contributed by atoms with Gasteiger partial charge in [0.15, 0.2) is 5.76 Å². The first-order valence-electron chi connectivity index (χ1n) is 7.80. The van der Waals surface area contributed by atoms with Gasteiger partial charge in [0.25, 0.3) is 5.91 Å². The Morgan fingerprint density at radius 3 is 2.48 bits per heavy atom. The Bertz CT molecular complexity index is 755. The van der Waals surface area contributed by atoms with Gasteiger partial charge in [-0.15, -0.1) is 0 Å². The van der Waals surface area contributed by atoms with Crippen molar-refractivity contribution in [3.63, 3.8) is 0 Å². The lowest BCUT2D eigenvalue weighted by Crippen LogP contribution is -2.51. The molecule has 1 N–H and O–H groups in total. The van der Waals surface area contributed by atoms with Crippen LogP contribution in [0, 0.1) is 0 Å². The fraction of sp³-hybridized carbons (Fsp3) is 0.294. The molecule has 0 unspecified atom stereocenters. The summed E-state index contributed by atoms with van der Waals surface area (Å²) in [4.78, 5) is 28.0. The molecule has 2 heterocycles. The van der Waals surface area contributed by atoms with E-state index in [0.29, 0.717) is 43.4 Å². The Labute approximate surface area is 153 Å². The molecule has 0 saturated carbocycles. The SMILES string of the molecule is COc1ccc(NC(=O)N2CCN(C(=O)c3ccco3)CC2)cc1Br. The largest absolute Gasteiger partial charge is 0.496 e. The smallest absolute Gasteiger partial charge is 0.321 e. The van der Waals surface area contributed by atoms with Gasteiger partial charge in [0.05, 0.1) is 17.8 Å². The average molecular weight is 408 g/mol. The van der Waals surface area contributed by atoms with Gasteiger partial charge in [-0.25, -0.2) is 4.79 Å². The van der Waals surface area contributed by atoms with Crippen molar-refractivity contribution in [2.45, 2.75) is 0 Å². The van der Waals surface area contributed by atoms with Crippen LogP contribution in [0.1, 0.15) is 10.6 Å². The molecule has 1 saturated heterocycles. The Kier molecular flexibility index (Phi) is 5.28. The highest BCUT2D eigenvalue weighted by Crippen LogP contribution is 2.27. The van der Waals surface area contributed by atoms with Gasteiger partial charge in [-0.3, -0.25) is 4.79 Å². The first-order chi connectivity index (χ1) is 12.1. The van der Waals surface area contributed by atoms with Crippen molar-refractivity contribution in [1.82, 2.24) is 9.80 Å². The number of nitrogens with one attached hydrogen (secondary N) is 1. The van der Waals surface area contributed by atoms with E-state index in [0.717, 1.165) is 4.47 Å². The number of piperazine rings is 1. The number of rotatable bonds is 3. The number of halogens is 1. The molecule has 2 aromatic rings. The molecule has 1 aliphatic rings. The normalized spacial score (nSPS) is 14.3. The molecule has 25 heavy (non-hydrogen) atoms. The molecular formula is C17H18BrN3O4. The second kappa shape index (κ2) is 7.60. The monoisotopic (exact) mass is 407 g/mol. The zero-order chi connectivity index (χ0) is 17.8. The van der Waals surface area contributed by atoms with Crippen molar-refractivity contribution in [3.05, 3.63) is 46.8 Å². The molecule has 8 heteroatoms. The molecule has 0 aliphatic carbocycles. The van der Waals surface area contributed by atoms with Crippen molar-refractivity contribution < 1.29 is 18.7 Å². The summed E-state index contributed by atoms with van der Waals surface area (Å²) in [6.07, 6.45) is 1.48. The lowest BCUT2D eigenvalue weighted by molar-refractivity contribution is 0.0640. The number of carbonyl (C=O) groups excluding carboxylic acids is 2. The lowest BCUT2D eigenvalue weighted by atomic mass is 10.3. The van der Waals surface area contributed by atoms with Gasteiger partial charge >= 0.3 is 6.03 Å². The quantitative estimate of drug-likeness (QED) is 0.848. The molecule has 0 bridgehead atoms. The van der Waals surface area contributed by atoms with Crippen molar-refractivity contribution in [2.24, 2.45) is 0 Å². The maximum Gasteiger partial charge on any atom is 0.321 e. The average Bonchev–Trinajstić information content (AvgIpc) is 3.16. The number of urea groups is 1. The van der Waals surface area contributed by atoms with Crippen molar-refractivity contribution in [1.29, 1.82) is 0 Å². The maximum absolute atomic E-state index is 12.4.